The van der Waals surface area contributed by atoms with Gasteiger partial charge in [-0.15, -0.1) is 0 Å². The lowest BCUT2D eigenvalue weighted by Gasteiger charge is -2.35. The monoisotopic (exact) mass is 461 g/mol. The van der Waals surface area contributed by atoms with Gasteiger partial charge in [-0.05, 0) is 37.0 Å². The molecule has 2 heterocycles. The Morgan fingerprint density at radius 2 is 2.03 bits per heavy atom. The van der Waals surface area contributed by atoms with E-state index < -0.39 is 45.8 Å². The third kappa shape index (κ3) is 3.47. The van der Waals surface area contributed by atoms with Crippen LogP contribution in [0.2, 0.25) is 0 Å². The van der Waals surface area contributed by atoms with Crippen LogP contribution in [0.15, 0.2) is 35.4 Å². The Kier molecular flexibility index (Phi) is 4.65. The molecule has 168 valence electrons. The minimum absolute atomic E-state index is 0.0239. The highest BCUT2D eigenvalue weighted by atomic mass is 32.2. The quantitative estimate of drug-likeness (QED) is 0.412. The number of carbonyl (C=O) groups is 2. The number of sulfonamides is 1. The Hall–Kier alpha value is -3.48. The van der Waals surface area contributed by atoms with Crippen LogP contribution in [0.25, 0.3) is 0 Å². The van der Waals surface area contributed by atoms with Crippen LogP contribution in [-0.4, -0.2) is 42.4 Å². The minimum atomic E-state index is -4.15. The van der Waals surface area contributed by atoms with Crippen LogP contribution in [0.1, 0.15) is 12.8 Å². The van der Waals surface area contributed by atoms with Crippen molar-refractivity contribution in [3.8, 4) is 0 Å². The first kappa shape index (κ1) is 20.4. The number of primary amides is 1. The predicted molar refractivity (Wildman–Crippen MR) is 111 cm³/mol. The van der Waals surface area contributed by atoms with Gasteiger partial charge in [-0.3, -0.25) is 4.79 Å². The van der Waals surface area contributed by atoms with Crippen LogP contribution >= 0.6 is 0 Å². The molecule has 0 radical (unpaired) electrons. The van der Waals surface area contributed by atoms with Crippen molar-refractivity contribution < 1.29 is 22.4 Å². The van der Waals surface area contributed by atoms with Crippen LogP contribution in [0, 0.1) is 23.6 Å². The number of halogens is 1. The van der Waals surface area contributed by atoms with E-state index in [0.29, 0.717) is 18.5 Å². The fourth-order valence-corrected chi connectivity index (χ4v) is 6.03. The summed E-state index contributed by atoms with van der Waals surface area (Å²) in [5.74, 6) is -2.33. The molecule has 5 atom stereocenters. The molecule has 2 aliphatic carbocycles. The molecule has 0 unspecified atom stereocenters. The number of benzene rings is 1. The Balaban J connectivity index is 1.59. The zero-order valence-corrected chi connectivity index (χ0v) is 17.4. The molecule has 11 nitrogen and oxygen atoms in total. The highest BCUT2D eigenvalue weighted by Crippen LogP contribution is 2.49. The lowest BCUT2D eigenvalue weighted by Crippen LogP contribution is -2.53. The molecular weight excluding hydrogens is 441 g/mol. The molecule has 1 aromatic carbocycles. The van der Waals surface area contributed by atoms with Crippen LogP contribution in [-0.2, 0) is 14.8 Å². The molecule has 6 N–H and O–H groups in total. The maximum atomic E-state index is 14.5. The number of hydrogen-bond acceptors (Lipinski definition) is 8. The van der Waals surface area contributed by atoms with Gasteiger partial charge in [0.25, 0.3) is 10.0 Å². The summed E-state index contributed by atoms with van der Waals surface area (Å²) < 4.78 is 41.9. The Morgan fingerprint density at radius 1 is 1.22 bits per heavy atom. The molecule has 2 fully saturated rings. The molecule has 1 aliphatic heterocycles. The second-order valence-corrected chi connectivity index (χ2v) is 9.90. The molecule has 0 spiro atoms. The fourth-order valence-electron chi connectivity index (χ4n) is 5.07. The normalized spacial score (nSPS) is 30.0. The number of hydrogen-bond donors (Lipinski definition) is 5. The van der Waals surface area contributed by atoms with E-state index in [2.05, 4.69) is 25.9 Å². The van der Waals surface area contributed by atoms with Crippen LogP contribution in [0.5, 0.6) is 0 Å². The lowest BCUT2D eigenvalue weighted by molar-refractivity contribution is -0.123. The smallest absolute Gasteiger partial charge is 0.328 e. The van der Waals surface area contributed by atoms with Crippen molar-refractivity contribution in [2.75, 3.05) is 10.6 Å². The van der Waals surface area contributed by atoms with Gasteiger partial charge in [0.15, 0.2) is 11.6 Å². The largest absolute Gasteiger partial charge is 0.369 e. The molecule has 5 rings (SSSR count). The first-order valence-corrected chi connectivity index (χ1v) is 11.5. The number of nitrogens with two attached hydrogens (primary N) is 1. The van der Waals surface area contributed by atoms with Crippen molar-refractivity contribution in [2.24, 2.45) is 23.5 Å². The van der Waals surface area contributed by atoms with Crippen LogP contribution in [0.4, 0.5) is 26.6 Å². The van der Waals surface area contributed by atoms with Crippen LogP contribution in [0.3, 0.4) is 0 Å². The number of carbonyl (C=O) groups excluding carboxylic acids is 2. The summed E-state index contributed by atoms with van der Waals surface area (Å²) >= 11 is 0. The maximum absolute atomic E-state index is 14.5. The summed E-state index contributed by atoms with van der Waals surface area (Å²) in [6.45, 7) is 0. The van der Waals surface area contributed by atoms with E-state index in [-0.39, 0.29) is 28.5 Å². The second-order valence-electron chi connectivity index (χ2n) is 8.22. The summed E-state index contributed by atoms with van der Waals surface area (Å²) in [7, 11) is -4.15. The zero-order valence-electron chi connectivity index (χ0n) is 16.6. The van der Waals surface area contributed by atoms with Gasteiger partial charge in [0.2, 0.25) is 11.9 Å². The molecule has 0 saturated heterocycles. The molecule has 1 aromatic heterocycles. The first-order valence-electron chi connectivity index (χ1n) is 10.00. The van der Waals surface area contributed by atoms with Crippen molar-refractivity contribution in [1.29, 1.82) is 0 Å². The number of urea groups is 1. The average Bonchev–Trinajstić information content (AvgIpc) is 3.27. The zero-order chi connectivity index (χ0) is 22.6. The molecule has 6 bridgehead atoms. The molecule has 2 aromatic rings. The van der Waals surface area contributed by atoms with E-state index in [1.807, 2.05) is 4.72 Å². The Labute approximate surface area is 182 Å². The molecule has 3 amide bonds. The highest BCUT2D eigenvalue weighted by Gasteiger charge is 2.55. The van der Waals surface area contributed by atoms with Crippen molar-refractivity contribution in [3.63, 3.8) is 0 Å². The van der Waals surface area contributed by atoms with Crippen molar-refractivity contribution >= 4 is 39.4 Å². The summed E-state index contributed by atoms with van der Waals surface area (Å²) in [5.41, 5.74) is 5.94. The van der Waals surface area contributed by atoms with Crippen LogP contribution < -0.4 is 26.4 Å². The maximum Gasteiger partial charge on any atom is 0.328 e. The van der Waals surface area contributed by atoms with E-state index in [0.717, 1.165) is 6.20 Å². The summed E-state index contributed by atoms with van der Waals surface area (Å²) in [6, 6.07) is 3.79. The third-order valence-electron chi connectivity index (χ3n) is 6.32. The SMILES string of the molecule is NC(=O)[C@H]1[C@H]2C[C@H]3[C@H]1Nc1nc(ncc1F)Nc1cccc(c1)S(=O)(=O)NC(=O)N[C@@H]3C2. The van der Waals surface area contributed by atoms with E-state index in [1.54, 1.807) is 6.07 Å². The predicted octanol–water partition coefficient (Wildman–Crippen LogP) is 0.651. The van der Waals surface area contributed by atoms with E-state index >= 15 is 0 Å². The molecule has 32 heavy (non-hydrogen) atoms. The van der Waals surface area contributed by atoms with Gasteiger partial charge in [0.1, 0.15) is 0 Å². The summed E-state index contributed by atoms with van der Waals surface area (Å²) in [4.78, 5) is 32.6. The number of rotatable bonds is 1. The van der Waals surface area contributed by atoms with Crippen molar-refractivity contribution in [2.45, 2.75) is 29.8 Å². The number of aromatic nitrogens is 2. The topological polar surface area (TPSA) is 168 Å². The van der Waals surface area contributed by atoms with Gasteiger partial charge in [-0.2, -0.15) is 4.98 Å². The minimum Gasteiger partial charge on any atom is -0.369 e. The fraction of sp³-hybridized carbons (Fsp3) is 0.368. The second kappa shape index (κ2) is 7.29. The molecule has 13 heteroatoms. The molecular formula is C19H20FN7O4S. The Morgan fingerprint density at radius 3 is 2.81 bits per heavy atom. The number of nitrogens with zero attached hydrogens (tertiary/aromatic N) is 2. The number of amides is 3. The van der Waals surface area contributed by atoms with E-state index in [9.17, 15) is 22.4 Å². The summed E-state index contributed by atoms with van der Waals surface area (Å²) in [6.07, 6.45) is 2.00. The highest BCUT2D eigenvalue weighted by molar-refractivity contribution is 7.90. The summed E-state index contributed by atoms with van der Waals surface area (Å²) in [5, 5.41) is 8.51. The Bertz CT molecular complexity index is 1220. The van der Waals surface area contributed by atoms with Crippen molar-refractivity contribution in [1.82, 2.24) is 20.0 Å². The van der Waals surface area contributed by atoms with Crippen molar-refractivity contribution in [3.05, 3.63) is 36.3 Å². The standard InChI is InChI=1S/C19H20FN7O4S/c20-12-7-22-18-23-9-2-1-3-10(6-9)32(30,31)27-19(29)24-13-5-8-4-11(13)15(14(8)16(21)28)25-17(12)26-18/h1-3,6-8,11,13-15H,4-5H2,(H2,21,28)(H2,24,27,29)(H2,22,23,25,26)/t8-,11+,13+,14-,15+/m0/s1. The number of fused-ring (bicyclic) bond motifs is 5. The van der Waals surface area contributed by atoms with Gasteiger partial charge < -0.3 is 21.7 Å². The van der Waals surface area contributed by atoms with Gasteiger partial charge >= 0.3 is 6.03 Å². The van der Waals surface area contributed by atoms with Gasteiger partial charge in [0, 0.05) is 23.7 Å². The third-order valence-corrected chi connectivity index (χ3v) is 7.65. The number of anilines is 3. The molecule has 3 aliphatic rings. The average molecular weight is 461 g/mol. The van der Waals surface area contributed by atoms with Gasteiger partial charge in [-0.25, -0.2) is 27.3 Å². The lowest BCUT2D eigenvalue weighted by atomic mass is 9.81. The van der Waals surface area contributed by atoms with E-state index in [1.165, 1.54) is 18.2 Å². The first-order chi connectivity index (χ1) is 15.2. The number of nitrogens with one attached hydrogen (secondary N) is 4. The van der Waals surface area contributed by atoms with Gasteiger partial charge in [0.05, 0.1) is 17.0 Å². The van der Waals surface area contributed by atoms with E-state index in [4.69, 9.17) is 5.73 Å². The molecule has 2 saturated carbocycles. The van der Waals surface area contributed by atoms with Gasteiger partial charge in [-0.1, -0.05) is 6.07 Å².